The first-order valence-electron chi connectivity index (χ1n) is 6.97. The molecule has 2 N–H and O–H groups in total. The first-order chi connectivity index (χ1) is 11.5. The number of amides is 1. The number of ether oxygens (including phenoxy) is 1. The molecule has 0 aliphatic carbocycles. The maximum absolute atomic E-state index is 11.8. The van der Waals surface area contributed by atoms with Crippen LogP contribution in [0.15, 0.2) is 51.8 Å². The molecule has 7 heteroatoms. The average molecular weight is 424 g/mol. The highest BCUT2D eigenvalue weighted by Crippen LogP contribution is 2.31. The van der Waals surface area contributed by atoms with Crippen LogP contribution in [0, 0.1) is 5.41 Å². The molecular weight excluding hydrogens is 412 g/mol. The standard InChI is InChI=1S/C17H12BrClN2O2S/c18-12-4-5-14(23-9-10-2-1-3-13(19)6-10)11(7-12)8-15-16(22)21-17(20)24-15/h1-8H,9H2,(H2,20,21,22)/b15-8-. The molecule has 122 valence electrons. The number of carbonyl (C=O) groups is 1. The van der Waals surface area contributed by atoms with Gasteiger partial charge in [-0.05, 0) is 53.7 Å². The van der Waals surface area contributed by atoms with E-state index in [-0.39, 0.29) is 11.1 Å². The first-order valence-corrected chi connectivity index (χ1v) is 8.96. The number of hydrogen-bond acceptors (Lipinski definition) is 4. The summed E-state index contributed by atoms with van der Waals surface area (Å²) < 4.78 is 6.76. The van der Waals surface area contributed by atoms with Crippen LogP contribution < -0.4 is 10.1 Å². The van der Waals surface area contributed by atoms with E-state index in [1.807, 2.05) is 42.5 Å². The molecule has 1 amide bonds. The molecule has 0 atom stereocenters. The Labute approximate surface area is 156 Å². The van der Waals surface area contributed by atoms with Gasteiger partial charge in [0.05, 0.1) is 4.91 Å². The van der Waals surface area contributed by atoms with Crippen molar-refractivity contribution < 1.29 is 9.53 Å². The van der Waals surface area contributed by atoms with Gasteiger partial charge in [0.25, 0.3) is 5.91 Å². The molecule has 1 aliphatic rings. The van der Waals surface area contributed by atoms with Crippen LogP contribution in [0.1, 0.15) is 11.1 Å². The Morgan fingerprint density at radius 2 is 2.12 bits per heavy atom. The number of nitrogens with one attached hydrogen (secondary N) is 2. The smallest absolute Gasteiger partial charge is 0.264 e. The molecule has 0 aromatic heterocycles. The highest BCUT2D eigenvalue weighted by Gasteiger charge is 2.22. The van der Waals surface area contributed by atoms with Gasteiger partial charge in [0.15, 0.2) is 5.17 Å². The summed E-state index contributed by atoms with van der Waals surface area (Å²) in [7, 11) is 0. The fraction of sp³-hybridized carbons (Fsp3) is 0.0588. The number of rotatable bonds is 4. The highest BCUT2D eigenvalue weighted by molar-refractivity contribution is 9.10. The highest BCUT2D eigenvalue weighted by atomic mass is 79.9. The number of amidine groups is 1. The second kappa shape index (κ2) is 7.42. The lowest BCUT2D eigenvalue weighted by molar-refractivity contribution is -0.115. The van der Waals surface area contributed by atoms with Crippen molar-refractivity contribution in [1.82, 2.24) is 5.32 Å². The maximum Gasteiger partial charge on any atom is 0.264 e. The summed E-state index contributed by atoms with van der Waals surface area (Å²) in [6.07, 6.45) is 1.72. The Morgan fingerprint density at radius 1 is 1.29 bits per heavy atom. The maximum atomic E-state index is 11.8. The molecule has 2 aromatic carbocycles. The van der Waals surface area contributed by atoms with E-state index in [1.165, 1.54) is 0 Å². The number of benzene rings is 2. The van der Waals surface area contributed by atoms with Gasteiger partial charge in [0.1, 0.15) is 12.4 Å². The van der Waals surface area contributed by atoms with Gasteiger partial charge in [-0.15, -0.1) is 0 Å². The van der Waals surface area contributed by atoms with E-state index < -0.39 is 0 Å². The zero-order valence-corrected chi connectivity index (χ0v) is 15.5. The molecule has 24 heavy (non-hydrogen) atoms. The summed E-state index contributed by atoms with van der Waals surface area (Å²) in [6.45, 7) is 0.369. The van der Waals surface area contributed by atoms with Crippen LogP contribution in [0.4, 0.5) is 0 Å². The Kier molecular flexibility index (Phi) is 5.28. The second-order valence-corrected chi connectivity index (χ2v) is 7.40. The van der Waals surface area contributed by atoms with E-state index in [0.29, 0.717) is 22.3 Å². The van der Waals surface area contributed by atoms with Gasteiger partial charge in [-0.3, -0.25) is 10.2 Å². The lowest BCUT2D eigenvalue weighted by Crippen LogP contribution is -2.18. The van der Waals surface area contributed by atoms with Gasteiger partial charge >= 0.3 is 0 Å². The number of carbonyl (C=O) groups excluding carboxylic acids is 1. The van der Waals surface area contributed by atoms with Crippen LogP contribution >= 0.6 is 39.3 Å². The minimum absolute atomic E-state index is 0.127. The van der Waals surface area contributed by atoms with E-state index in [9.17, 15) is 4.79 Å². The normalized spacial score (nSPS) is 15.7. The van der Waals surface area contributed by atoms with E-state index in [1.54, 1.807) is 6.08 Å². The molecule has 0 spiro atoms. The number of hydrogen-bond donors (Lipinski definition) is 2. The summed E-state index contributed by atoms with van der Waals surface area (Å²) in [5.41, 5.74) is 1.72. The van der Waals surface area contributed by atoms with E-state index in [0.717, 1.165) is 27.4 Å². The Balaban J connectivity index is 1.84. The van der Waals surface area contributed by atoms with Crippen molar-refractivity contribution in [3.05, 3.63) is 68.0 Å². The number of halogens is 2. The average Bonchev–Trinajstić information content (AvgIpc) is 2.84. The zero-order chi connectivity index (χ0) is 17.1. The predicted molar refractivity (Wildman–Crippen MR) is 101 cm³/mol. The molecule has 2 aromatic rings. The van der Waals surface area contributed by atoms with Gasteiger partial charge in [0.2, 0.25) is 0 Å². The van der Waals surface area contributed by atoms with Gasteiger partial charge in [-0.1, -0.05) is 39.7 Å². The van der Waals surface area contributed by atoms with E-state index in [2.05, 4.69) is 21.2 Å². The van der Waals surface area contributed by atoms with Crippen LogP contribution in [-0.2, 0) is 11.4 Å². The van der Waals surface area contributed by atoms with Crippen molar-refractivity contribution in [2.45, 2.75) is 6.61 Å². The first kappa shape index (κ1) is 17.1. The number of thioether (sulfide) groups is 1. The Morgan fingerprint density at radius 3 is 2.83 bits per heavy atom. The van der Waals surface area contributed by atoms with Crippen molar-refractivity contribution in [2.75, 3.05) is 0 Å². The Bertz CT molecular complexity index is 854. The fourth-order valence-electron chi connectivity index (χ4n) is 2.13. The van der Waals surface area contributed by atoms with Crippen molar-refractivity contribution in [2.24, 2.45) is 0 Å². The van der Waals surface area contributed by atoms with Crippen LogP contribution in [0.25, 0.3) is 6.08 Å². The molecule has 0 saturated carbocycles. The topological polar surface area (TPSA) is 62.2 Å². The van der Waals surface area contributed by atoms with Gasteiger partial charge in [-0.25, -0.2) is 0 Å². The molecule has 1 heterocycles. The van der Waals surface area contributed by atoms with Crippen LogP contribution in [0.5, 0.6) is 5.75 Å². The van der Waals surface area contributed by atoms with Crippen molar-refractivity contribution in [3.8, 4) is 5.75 Å². The molecule has 0 unspecified atom stereocenters. The predicted octanol–water partition coefficient (Wildman–Crippen LogP) is 4.82. The van der Waals surface area contributed by atoms with Crippen molar-refractivity contribution in [1.29, 1.82) is 5.41 Å². The quantitative estimate of drug-likeness (QED) is 0.693. The summed E-state index contributed by atoms with van der Waals surface area (Å²) in [5, 5.41) is 10.8. The third-order valence-electron chi connectivity index (χ3n) is 3.20. The minimum Gasteiger partial charge on any atom is -0.488 e. The van der Waals surface area contributed by atoms with Crippen molar-refractivity contribution >= 4 is 56.4 Å². The van der Waals surface area contributed by atoms with E-state index >= 15 is 0 Å². The van der Waals surface area contributed by atoms with Gasteiger partial charge in [0, 0.05) is 15.1 Å². The third-order valence-corrected chi connectivity index (χ3v) is 4.76. The monoisotopic (exact) mass is 422 g/mol. The SMILES string of the molecule is N=C1NC(=O)/C(=C/c2cc(Br)ccc2OCc2cccc(Cl)c2)S1. The van der Waals surface area contributed by atoms with Gasteiger partial charge < -0.3 is 10.1 Å². The second-order valence-electron chi connectivity index (χ2n) is 4.99. The molecular formula is C17H12BrClN2O2S. The summed E-state index contributed by atoms with van der Waals surface area (Å²) in [6, 6.07) is 13.0. The lowest BCUT2D eigenvalue weighted by atomic mass is 10.2. The fourth-order valence-corrected chi connectivity index (χ4v) is 3.42. The summed E-state index contributed by atoms with van der Waals surface area (Å²) >= 11 is 10.5. The zero-order valence-electron chi connectivity index (χ0n) is 12.3. The molecule has 1 aliphatic heterocycles. The van der Waals surface area contributed by atoms with Crippen LogP contribution in [-0.4, -0.2) is 11.1 Å². The van der Waals surface area contributed by atoms with Crippen LogP contribution in [0.3, 0.4) is 0 Å². The molecule has 0 bridgehead atoms. The van der Waals surface area contributed by atoms with Crippen molar-refractivity contribution in [3.63, 3.8) is 0 Å². The summed E-state index contributed by atoms with van der Waals surface area (Å²) in [4.78, 5) is 12.3. The largest absolute Gasteiger partial charge is 0.488 e. The summed E-state index contributed by atoms with van der Waals surface area (Å²) in [5.74, 6) is 0.378. The Hall–Kier alpha value is -1.76. The van der Waals surface area contributed by atoms with E-state index in [4.69, 9.17) is 21.7 Å². The van der Waals surface area contributed by atoms with Crippen LogP contribution in [0.2, 0.25) is 5.02 Å². The lowest BCUT2D eigenvalue weighted by Gasteiger charge is -2.10. The molecule has 4 nitrogen and oxygen atoms in total. The molecule has 1 fully saturated rings. The van der Waals surface area contributed by atoms with Gasteiger partial charge in [-0.2, -0.15) is 0 Å². The molecule has 1 saturated heterocycles. The molecule has 3 rings (SSSR count). The molecule has 0 radical (unpaired) electrons. The minimum atomic E-state index is -0.272. The third kappa shape index (κ3) is 4.20.